The van der Waals surface area contributed by atoms with Crippen LogP contribution in [-0.2, 0) is 22.6 Å². The highest BCUT2D eigenvalue weighted by Gasteiger charge is 2.31. The van der Waals surface area contributed by atoms with Crippen molar-refractivity contribution in [2.45, 2.75) is 45.3 Å². The molecule has 3 rings (SSSR count). The number of hydrogen-bond acceptors (Lipinski definition) is 3. The monoisotopic (exact) mass is 496 g/mol. The normalized spacial score (nSPS) is 12.5. The van der Waals surface area contributed by atoms with Gasteiger partial charge >= 0.3 is 0 Å². The maximum Gasteiger partial charge on any atom is 0.261 e. The number of rotatable bonds is 11. The van der Waals surface area contributed by atoms with E-state index in [0.717, 1.165) is 17.5 Å². The van der Waals surface area contributed by atoms with Crippen molar-refractivity contribution < 1.29 is 18.7 Å². The number of ether oxygens (including phenoxy) is 1. The molecule has 0 spiro atoms. The lowest BCUT2D eigenvalue weighted by molar-refractivity contribution is -0.143. The van der Waals surface area contributed by atoms with Crippen LogP contribution in [0.25, 0.3) is 0 Å². The fraction of sp³-hybridized carbons (Fsp3) is 0.286. The summed E-state index contributed by atoms with van der Waals surface area (Å²) in [7, 11) is 0. The van der Waals surface area contributed by atoms with Crippen molar-refractivity contribution in [3.05, 3.63) is 101 Å². The zero-order chi connectivity index (χ0) is 25.2. The standard InChI is InChI=1S/C28H30ClFN2O3/c1-3-20(2)31-28(34)26(17-21-7-5-4-6-8-21)32(18-22-9-11-23(29)12-10-22)27(33)19-35-25-15-13-24(30)14-16-25/h4-16,20,26H,3,17-19H2,1-2H3,(H,31,34). The number of hydrogen-bond donors (Lipinski definition) is 1. The molecule has 1 N–H and O–H groups in total. The van der Waals surface area contributed by atoms with Gasteiger partial charge in [0, 0.05) is 24.0 Å². The molecule has 2 unspecified atom stereocenters. The third-order valence-electron chi connectivity index (χ3n) is 5.71. The molecule has 184 valence electrons. The molecule has 0 aliphatic rings. The minimum Gasteiger partial charge on any atom is -0.484 e. The first-order valence-electron chi connectivity index (χ1n) is 11.6. The molecule has 5 nitrogen and oxygen atoms in total. The minimum absolute atomic E-state index is 0.0382. The maximum atomic E-state index is 13.5. The molecule has 0 bridgehead atoms. The van der Waals surface area contributed by atoms with Gasteiger partial charge in [0.25, 0.3) is 5.91 Å². The first-order valence-corrected chi connectivity index (χ1v) is 12.0. The van der Waals surface area contributed by atoms with E-state index in [1.54, 1.807) is 12.1 Å². The van der Waals surface area contributed by atoms with Crippen LogP contribution in [0.1, 0.15) is 31.4 Å². The van der Waals surface area contributed by atoms with Crippen LogP contribution in [-0.4, -0.2) is 35.4 Å². The van der Waals surface area contributed by atoms with Crippen LogP contribution in [0.2, 0.25) is 5.02 Å². The Balaban J connectivity index is 1.89. The quantitative estimate of drug-likeness (QED) is 0.386. The van der Waals surface area contributed by atoms with E-state index in [1.807, 2.05) is 56.3 Å². The Bertz CT molecular complexity index is 1090. The van der Waals surface area contributed by atoms with Crippen molar-refractivity contribution in [2.75, 3.05) is 6.61 Å². The maximum absolute atomic E-state index is 13.5. The lowest BCUT2D eigenvalue weighted by Crippen LogP contribution is -2.53. The molecule has 7 heteroatoms. The Labute approximate surface area is 210 Å². The fourth-order valence-electron chi connectivity index (χ4n) is 3.54. The molecule has 0 saturated heterocycles. The van der Waals surface area contributed by atoms with Gasteiger partial charge in [0.1, 0.15) is 17.6 Å². The Morgan fingerprint density at radius 1 is 0.971 bits per heavy atom. The van der Waals surface area contributed by atoms with Gasteiger partial charge in [-0.2, -0.15) is 0 Å². The summed E-state index contributed by atoms with van der Waals surface area (Å²) >= 11 is 6.04. The Kier molecular flexibility index (Phi) is 9.67. The number of nitrogens with one attached hydrogen (secondary N) is 1. The zero-order valence-electron chi connectivity index (χ0n) is 19.9. The van der Waals surface area contributed by atoms with Gasteiger partial charge in [0.15, 0.2) is 6.61 Å². The molecule has 0 heterocycles. The van der Waals surface area contributed by atoms with E-state index in [9.17, 15) is 14.0 Å². The summed E-state index contributed by atoms with van der Waals surface area (Å²) in [5.41, 5.74) is 1.77. The number of carbonyl (C=O) groups is 2. The van der Waals surface area contributed by atoms with Gasteiger partial charge in [0.05, 0.1) is 0 Å². The number of nitrogens with zero attached hydrogens (tertiary/aromatic N) is 1. The van der Waals surface area contributed by atoms with Gasteiger partial charge in [-0.1, -0.05) is 61.0 Å². The molecular formula is C28H30ClFN2O3. The van der Waals surface area contributed by atoms with Gasteiger partial charge in [-0.25, -0.2) is 4.39 Å². The van der Waals surface area contributed by atoms with E-state index < -0.39 is 11.9 Å². The summed E-state index contributed by atoms with van der Waals surface area (Å²) in [6.07, 6.45) is 1.11. The predicted octanol–water partition coefficient (Wildman–Crippen LogP) is 5.41. The van der Waals surface area contributed by atoms with Crippen LogP contribution in [0.15, 0.2) is 78.9 Å². The van der Waals surface area contributed by atoms with E-state index in [-0.39, 0.29) is 31.0 Å². The molecular weight excluding hydrogens is 467 g/mol. The summed E-state index contributed by atoms with van der Waals surface area (Å²) in [6.45, 7) is 3.83. The van der Waals surface area contributed by atoms with Gasteiger partial charge in [-0.3, -0.25) is 9.59 Å². The molecule has 2 atom stereocenters. The second-order valence-corrected chi connectivity index (χ2v) is 8.85. The van der Waals surface area contributed by atoms with Crippen LogP contribution >= 0.6 is 11.6 Å². The first-order chi connectivity index (χ1) is 16.9. The van der Waals surface area contributed by atoms with Crippen molar-refractivity contribution in [3.63, 3.8) is 0 Å². The van der Waals surface area contributed by atoms with Crippen molar-refractivity contribution in [3.8, 4) is 5.75 Å². The van der Waals surface area contributed by atoms with Crippen LogP contribution in [0, 0.1) is 5.82 Å². The van der Waals surface area contributed by atoms with E-state index in [1.165, 1.54) is 29.2 Å². The second-order valence-electron chi connectivity index (χ2n) is 8.41. The average Bonchev–Trinajstić information content (AvgIpc) is 2.87. The van der Waals surface area contributed by atoms with Crippen molar-refractivity contribution in [1.29, 1.82) is 0 Å². The predicted molar refractivity (Wildman–Crippen MR) is 136 cm³/mol. The summed E-state index contributed by atoms with van der Waals surface area (Å²) in [4.78, 5) is 28.4. The molecule has 3 aromatic carbocycles. The van der Waals surface area contributed by atoms with E-state index in [0.29, 0.717) is 17.2 Å². The third kappa shape index (κ3) is 8.11. The molecule has 0 aliphatic carbocycles. The highest BCUT2D eigenvalue weighted by atomic mass is 35.5. The van der Waals surface area contributed by atoms with Crippen LogP contribution < -0.4 is 10.1 Å². The molecule has 0 saturated carbocycles. The van der Waals surface area contributed by atoms with E-state index >= 15 is 0 Å². The van der Waals surface area contributed by atoms with E-state index in [4.69, 9.17) is 16.3 Å². The summed E-state index contributed by atoms with van der Waals surface area (Å²) in [6, 6.07) is 21.4. The molecule has 3 aromatic rings. The highest BCUT2D eigenvalue weighted by Crippen LogP contribution is 2.18. The second kappa shape index (κ2) is 12.9. The molecule has 0 fully saturated rings. The van der Waals surface area contributed by atoms with Gasteiger partial charge in [0.2, 0.25) is 5.91 Å². The van der Waals surface area contributed by atoms with Crippen molar-refractivity contribution in [2.24, 2.45) is 0 Å². The summed E-state index contributed by atoms with van der Waals surface area (Å²) in [5.74, 6) is -0.607. The summed E-state index contributed by atoms with van der Waals surface area (Å²) < 4.78 is 18.9. The third-order valence-corrected chi connectivity index (χ3v) is 5.97. The van der Waals surface area contributed by atoms with Gasteiger partial charge in [-0.05, 0) is 60.9 Å². The van der Waals surface area contributed by atoms with Crippen molar-refractivity contribution in [1.82, 2.24) is 10.2 Å². The lowest BCUT2D eigenvalue weighted by Gasteiger charge is -2.32. The smallest absolute Gasteiger partial charge is 0.261 e. The Morgan fingerprint density at radius 3 is 2.26 bits per heavy atom. The van der Waals surface area contributed by atoms with Crippen LogP contribution in [0.3, 0.4) is 0 Å². The Hall–Kier alpha value is -3.38. The lowest BCUT2D eigenvalue weighted by atomic mass is 10.0. The summed E-state index contributed by atoms with van der Waals surface area (Å²) in [5, 5.41) is 3.61. The average molecular weight is 497 g/mol. The number of carbonyl (C=O) groups excluding carboxylic acids is 2. The van der Waals surface area contributed by atoms with Crippen LogP contribution in [0.4, 0.5) is 4.39 Å². The van der Waals surface area contributed by atoms with Crippen molar-refractivity contribution >= 4 is 23.4 Å². The molecule has 0 aromatic heterocycles. The highest BCUT2D eigenvalue weighted by molar-refractivity contribution is 6.30. The Morgan fingerprint density at radius 2 is 1.63 bits per heavy atom. The van der Waals surface area contributed by atoms with E-state index in [2.05, 4.69) is 5.32 Å². The first kappa shape index (κ1) is 26.2. The fourth-order valence-corrected chi connectivity index (χ4v) is 3.67. The number of halogens is 2. The largest absolute Gasteiger partial charge is 0.484 e. The number of benzene rings is 3. The zero-order valence-corrected chi connectivity index (χ0v) is 20.7. The SMILES string of the molecule is CCC(C)NC(=O)C(Cc1ccccc1)N(Cc1ccc(Cl)cc1)C(=O)COc1ccc(F)cc1. The molecule has 0 aliphatic heterocycles. The van der Waals surface area contributed by atoms with Crippen LogP contribution in [0.5, 0.6) is 5.75 Å². The molecule has 2 amide bonds. The topological polar surface area (TPSA) is 58.6 Å². The van der Waals surface area contributed by atoms with Gasteiger partial charge < -0.3 is 15.0 Å². The minimum atomic E-state index is -0.758. The molecule has 0 radical (unpaired) electrons. The molecule has 35 heavy (non-hydrogen) atoms. The van der Waals surface area contributed by atoms with Gasteiger partial charge in [-0.15, -0.1) is 0 Å². The number of amides is 2.